The van der Waals surface area contributed by atoms with Crippen LogP contribution in [0, 0.1) is 0 Å². The molecule has 0 spiro atoms. The Balaban J connectivity index is 1.69. The van der Waals surface area contributed by atoms with Crippen molar-refractivity contribution < 1.29 is 32.7 Å². The molecule has 1 saturated heterocycles. The highest BCUT2D eigenvalue weighted by molar-refractivity contribution is 7.18. The number of likely N-dealkylation sites (tertiary alicyclic amines) is 1. The molecular formula is C19H17ClF3N3O4S. The highest BCUT2D eigenvalue weighted by Crippen LogP contribution is 2.35. The number of carboxylic acids is 1. The van der Waals surface area contributed by atoms with Gasteiger partial charge in [0.15, 0.2) is 0 Å². The number of anilines is 1. The first-order valence-electron chi connectivity index (χ1n) is 9.11. The molecule has 1 aliphatic rings. The summed E-state index contributed by atoms with van der Waals surface area (Å²) in [5.74, 6) is -3.18. The van der Waals surface area contributed by atoms with Crippen LogP contribution in [-0.4, -0.2) is 53.2 Å². The summed E-state index contributed by atoms with van der Waals surface area (Å²) in [5, 5.41) is 14.9. The first kappa shape index (κ1) is 22.9. The average Bonchev–Trinajstić information content (AvgIpc) is 3.11. The van der Waals surface area contributed by atoms with Crippen LogP contribution in [0.3, 0.4) is 0 Å². The molecule has 2 aromatic rings. The van der Waals surface area contributed by atoms with Crippen LogP contribution in [0.15, 0.2) is 30.3 Å². The van der Waals surface area contributed by atoms with Gasteiger partial charge < -0.3 is 20.6 Å². The van der Waals surface area contributed by atoms with E-state index >= 15 is 0 Å². The summed E-state index contributed by atoms with van der Waals surface area (Å²) >= 11 is 6.82. The number of urea groups is 1. The molecule has 1 aromatic carbocycles. The van der Waals surface area contributed by atoms with Gasteiger partial charge >= 0.3 is 24.1 Å². The molecule has 1 aromatic heterocycles. The molecule has 1 fully saturated rings. The molecule has 1 aliphatic heterocycles. The molecule has 3 N–H and O–H groups in total. The van der Waals surface area contributed by atoms with Crippen molar-refractivity contribution in [3.8, 4) is 10.4 Å². The summed E-state index contributed by atoms with van der Waals surface area (Å²) in [5.41, 5.74) is 0.762. The van der Waals surface area contributed by atoms with E-state index in [1.54, 1.807) is 24.3 Å². The second kappa shape index (κ2) is 9.15. The van der Waals surface area contributed by atoms with Crippen molar-refractivity contribution in [1.82, 2.24) is 10.2 Å². The van der Waals surface area contributed by atoms with Crippen molar-refractivity contribution in [3.05, 3.63) is 40.2 Å². The minimum atomic E-state index is -4.98. The van der Waals surface area contributed by atoms with Gasteiger partial charge in [-0.15, -0.1) is 11.3 Å². The van der Waals surface area contributed by atoms with Crippen molar-refractivity contribution in [3.63, 3.8) is 0 Å². The topological polar surface area (TPSA) is 98.7 Å². The fourth-order valence-corrected chi connectivity index (χ4v) is 4.29. The van der Waals surface area contributed by atoms with E-state index in [1.165, 1.54) is 6.07 Å². The Morgan fingerprint density at radius 3 is 2.48 bits per heavy atom. The van der Waals surface area contributed by atoms with Gasteiger partial charge in [0.2, 0.25) is 0 Å². The predicted octanol–water partition coefficient (Wildman–Crippen LogP) is 4.44. The summed E-state index contributed by atoms with van der Waals surface area (Å²) in [7, 11) is 0. The smallest absolute Gasteiger partial charge is 0.471 e. The largest absolute Gasteiger partial charge is 0.477 e. The number of nitrogens with one attached hydrogen (secondary N) is 2. The van der Waals surface area contributed by atoms with Gasteiger partial charge in [-0.1, -0.05) is 23.7 Å². The number of piperidine rings is 1. The van der Waals surface area contributed by atoms with E-state index in [1.807, 2.05) is 0 Å². The van der Waals surface area contributed by atoms with Crippen molar-refractivity contribution in [2.45, 2.75) is 25.1 Å². The predicted molar refractivity (Wildman–Crippen MR) is 110 cm³/mol. The number of nitrogens with zero attached hydrogens (tertiary/aromatic N) is 1. The maximum atomic E-state index is 12.6. The van der Waals surface area contributed by atoms with Crippen LogP contribution in [-0.2, 0) is 4.79 Å². The van der Waals surface area contributed by atoms with E-state index in [4.69, 9.17) is 11.6 Å². The molecule has 1 atom stereocenters. The Bertz CT molecular complexity index is 994. The molecule has 12 heteroatoms. The van der Waals surface area contributed by atoms with Gasteiger partial charge in [-0.2, -0.15) is 13.2 Å². The monoisotopic (exact) mass is 475 g/mol. The third kappa shape index (κ3) is 5.67. The highest BCUT2D eigenvalue weighted by Gasteiger charge is 2.43. The third-order valence-electron chi connectivity index (χ3n) is 4.59. The maximum Gasteiger partial charge on any atom is 0.471 e. The fourth-order valence-electron chi connectivity index (χ4n) is 3.20. The normalized spacial score (nSPS) is 16.6. The van der Waals surface area contributed by atoms with Crippen LogP contribution >= 0.6 is 22.9 Å². The number of carbonyl (C=O) groups excluding carboxylic acids is 2. The zero-order valence-corrected chi connectivity index (χ0v) is 17.4. The molecular weight excluding hydrogens is 459 g/mol. The molecule has 3 rings (SSSR count). The number of carbonyl (C=O) groups is 3. The van der Waals surface area contributed by atoms with Crippen LogP contribution < -0.4 is 10.6 Å². The van der Waals surface area contributed by atoms with Crippen LogP contribution in [0.1, 0.15) is 22.5 Å². The number of thiophene rings is 1. The van der Waals surface area contributed by atoms with E-state index in [-0.39, 0.29) is 23.7 Å². The molecule has 0 bridgehead atoms. The zero-order chi connectivity index (χ0) is 22.8. The molecule has 7 nitrogen and oxygen atoms in total. The number of benzene rings is 1. The van der Waals surface area contributed by atoms with Crippen molar-refractivity contribution in [2.75, 3.05) is 18.4 Å². The Kier molecular flexibility index (Phi) is 6.75. The quantitative estimate of drug-likeness (QED) is 0.608. The summed E-state index contributed by atoms with van der Waals surface area (Å²) in [6, 6.07) is 6.74. The van der Waals surface area contributed by atoms with Gasteiger partial charge in [0.1, 0.15) is 4.88 Å². The summed E-state index contributed by atoms with van der Waals surface area (Å²) < 4.78 is 37.9. The SMILES string of the molecule is O=C(Nc1cc(-c2ccc(Cl)cc2)sc1C(=O)O)NC1CCCN(C(=O)C(F)(F)F)C1. The van der Waals surface area contributed by atoms with Gasteiger partial charge in [-0.05, 0) is 36.6 Å². The molecule has 3 amide bonds. The molecule has 31 heavy (non-hydrogen) atoms. The molecule has 1 unspecified atom stereocenters. The molecule has 0 radical (unpaired) electrons. The van der Waals surface area contributed by atoms with Gasteiger partial charge in [0.05, 0.1) is 5.69 Å². The number of carboxylic acid groups (broad SMARTS) is 1. The fraction of sp³-hybridized carbons (Fsp3) is 0.316. The van der Waals surface area contributed by atoms with Crippen LogP contribution in [0.2, 0.25) is 5.02 Å². The lowest BCUT2D eigenvalue weighted by molar-refractivity contribution is -0.186. The van der Waals surface area contributed by atoms with Crippen molar-refractivity contribution >= 4 is 46.5 Å². The van der Waals surface area contributed by atoms with E-state index in [2.05, 4.69) is 10.6 Å². The van der Waals surface area contributed by atoms with E-state index in [9.17, 15) is 32.7 Å². The van der Waals surface area contributed by atoms with Gasteiger partial charge in [-0.25, -0.2) is 9.59 Å². The summed E-state index contributed by atoms with van der Waals surface area (Å²) in [6.07, 6.45) is -4.29. The van der Waals surface area contributed by atoms with Crippen molar-refractivity contribution in [1.29, 1.82) is 0 Å². The standard InChI is InChI=1S/C19H17ClF3N3O4S/c20-11-5-3-10(4-6-11)14-8-13(15(31-14)16(27)28)25-18(30)24-12-2-1-7-26(9-12)17(29)19(21,22)23/h3-6,8,12H,1-2,7,9H2,(H,27,28)(H2,24,25,30). The Morgan fingerprint density at radius 2 is 1.87 bits per heavy atom. The minimum absolute atomic E-state index is 0.0453. The molecule has 166 valence electrons. The lowest BCUT2D eigenvalue weighted by Gasteiger charge is -2.33. The second-order valence-corrected chi connectivity index (χ2v) is 8.34. The van der Waals surface area contributed by atoms with Crippen LogP contribution in [0.5, 0.6) is 0 Å². The summed E-state index contributed by atoms with van der Waals surface area (Å²) in [4.78, 5) is 36.5. The Morgan fingerprint density at radius 1 is 1.19 bits per heavy atom. The minimum Gasteiger partial charge on any atom is -0.477 e. The third-order valence-corrected chi connectivity index (χ3v) is 6.01. The van der Waals surface area contributed by atoms with Crippen LogP contribution in [0.4, 0.5) is 23.7 Å². The second-order valence-electron chi connectivity index (χ2n) is 6.85. The Hall–Kier alpha value is -2.79. The lowest BCUT2D eigenvalue weighted by Crippen LogP contribution is -2.53. The molecule has 0 aliphatic carbocycles. The average molecular weight is 476 g/mol. The first-order valence-corrected chi connectivity index (χ1v) is 10.3. The van der Waals surface area contributed by atoms with E-state index in [0.717, 1.165) is 11.3 Å². The number of amides is 3. The van der Waals surface area contributed by atoms with Crippen LogP contribution in [0.25, 0.3) is 10.4 Å². The number of halogens is 4. The zero-order valence-electron chi connectivity index (χ0n) is 15.8. The molecule has 2 heterocycles. The van der Waals surface area contributed by atoms with E-state index < -0.39 is 30.1 Å². The maximum absolute atomic E-state index is 12.6. The number of hydrogen-bond donors (Lipinski definition) is 3. The van der Waals surface area contributed by atoms with Gasteiger partial charge in [-0.3, -0.25) is 4.79 Å². The van der Waals surface area contributed by atoms with Gasteiger partial charge in [0, 0.05) is 29.0 Å². The first-order chi connectivity index (χ1) is 14.5. The van der Waals surface area contributed by atoms with Crippen molar-refractivity contribution in [2.24, 2.45) is 0 Å². The van der Waals surface area contributed by atoms with Gasteiger partial charge in [0.25, 0.3) is 0 Å². The number of rotatable bonds is 4. The van der Waals surface area contributed by atoms with E-state index in [0.29, 0.717) is 33.2 Å². The lowest BCUT2D eigenvalue weighted by atomic mass is 10.1. The number of hydrogen-bond acceptors (Lipinski definition) is 4. The number of alkyl halides is 3. The number of aromatic carboxylic acids is 1. The summed E-state index contributed by atoms with van der Waals surface area (Å²) in [6.45, 7) is -0.326. The molecule has 0 saturated carbocycles. The Labute approximate surface area is 183 Å². The highest BCUT2D eigenvalue weighted by atomic mass is 35.5.